The average molecular weight is 362 g/mol. The van der Waals surface area contributed by atoms with Crippen molar-refractivity contribution in [1.82, 2.24) is 15.0 Å². The Labute approximate surface area is 158 Å². The summed E-state index contributed by atoms with van der Waals surface area (Å²) in [7, 11) is 4.00. The number of hydrogen-bond acceptors (Lipinski definition) is 6. The van der Waals surface area contributed by atoms with Crippen molar-refractivity contribution in [1.29, 1.82) is 0 Å². The molecule has 3 rings (SSSR count). The number of aromatic nitrogens is 3. The molecule has 2 aromatic heterocycles. The molecule has 0 spiro atoms. The molecule has 0 atom stereocenters. The molecule has 0 unspecified atom stereocenters. The van der Waals surface area contributed by atoms with Gasteiger partial charge in [0.25, 0.3) is 5.91 Å². The zero-order valence-electron chi connectivity index (χ0n) is 15.4. The summed E-state index contributed by atoms with van der Waals surface area (Å²) in [6, 6.07) is 9.93. The van der Waals surface area contributed by atoms with Gasteiger partial charge in [0.2, 0.25) is 0 Å². The first kappa shape index (κ1) is 18.3. The first-order valence-corrected chi connectivity index (χ1v) is 8.57. The summed E-state index contributed by atoms with van der Waals surface area (Å²) in [5.74, 6) is -0.517. The summed E-state index contributed by atoms with van der Waals surface area (Å²) in [5.41, 5.74) is 10.3. The van der Waals surface area contributed by atoms with Gasteiger partial charge in [0.05, 0.1) is 16.9 Å². The zero-order chi connectivity index (χ0) is 19.2. The fraction of sp³-hybridized carbons (Fsp3) is 0.200. The fourth-order valence-electron chi connectivity index (χ4n) is 2.83. The molecule has 7 heteroatoms. The second-order valence-electron chi connectivity index (χ2n) is 6.34. The van der Waals surface area contributed by atoms with Gasteiger partial charge < -0.3 is 16.0 Å². The lowest BCUT2D eigenvalue weighted by molar-refractivity contribution is 0.100. The molecule has 0 radical (unpaired) electrons. The number of primary amides is 1. The number of carbonyl (C=O) groups excluding carboxylic acids is 1. The minimum Gasteiger partial charge on any atom is -0.380 e. The van der Waals surface area contributed by atoms with E-state index in [4.69, 9.17) is 5.73 Å². The summed E-state index contributed by atoms with van der Waals surface area (Å²) in [5, 5.41) is 3.33. The third-order valence-electron chi connectivity index (χ3n) is 4.15. The highest BCUT2D eigenvalue weighted by Gasteiger charge is 2.12. The van der Waals surface area contributed by atoms with Crippen LogP contribution < -0.4 is 16.0 Å². The smallest absolute Gasteiger partial charge is 0.252 e. The van der Waals surface area contributed by atoms with Crippen LogP contribution in [0.15, 0.2) is 55.1 Å². The van der Waals surface area contributed by atoms with E-state index in [1.54, 1.807) is 18.6 Å². The van der Waals surface area contributed by atoms with E-state index in [0.29, 0.717) is 24.2 Å². The molecule has 0 aliphatic carbocycles. The topological polar surface area (TPSA) is 97.0 Å². The molecular weight excluding hydrogens is 340 g/mol. The second-order valence-corrected chi connectivity index (χ2v) is 6.34. The van der Waals surface area contributed by atoms with Gasteiger partial charge >= 0.3 is 0 Å². The summed E-state index contributed by atoms with van der Waals surface area (Å²) < 4.78 is 0. The maximum absolute atomic E-state index is 11.8. The molecule has 1 amide bonds. The van der Waals surface area contributed by atoms with Gasteiger partial charge in [-0.2, -0.15) is 0 Å². The molecule has 2 heterocycles. The number of amides is 1. The van der Waals surface area contributed by atoms with Gasteiger partial charge in [0.1, 0.15) is 0 Å². The molecule has 138 valence electrons. The van der Waals surface area contributed by atoms with Gasteiger partial charge in [0.15, 0.2) is 0 Å². The molecule has 3 N–H and O–H groups in total. The minimum absolute atomic E-state index is 0.361. The fourth-order valence-corrected chi connectivity index (χ4v) is 2.83. The van der Waals surface area contributed by atoms with Gasteiger partial charge in [-0.25, -0.2) is 0 Å². The Morgan fingerprint density at radius 1 is 1.11 bits per heavy atom. The van der Waals surface area contributed by atoms with Crippen LogP contribution >= 0.6 is 0 Å². The predicted octanol–water partition coefficient (Wildman–Crippen LogP) is 2.24. The molecule has 7 nitrogen and oxygen atoms in total. The normalized spacial score (nSPS) is 10.4. The zero-order valence-corrected chi connectivity index (χ0v) is 15.4. The van der Waals surface area contributed by atoms with E-state index in [1.807, 2.05) is 38.4 Å². The molecule has 3 aromatic rings. The molecule has 27 heavy (non-hydrogen) atoms. The Hall–Kier alpha value is -3.48. The number of anilines is 2. The highest BCUT2D eigenvalue weighted by Crippen LogP contribution is 2.22. The number of para-hydroxylation sites is 1. The predicted molar refractivity (Wildman–Crippen MR) is 106 cm³/mol. The highest BCUT2D eigenvalue weighted by molar-refractivity contribution is 5.98. The lowest BCUT2D eigenvalue weighted by Gasteiger charge is -2.18. The number of rotatable bonds is 7. The van der Waals surface area contributed by atoms with Crippen molar-refractivity contribution in [2.75, 3.05) is 24.3 Å². The van der Waals surface area contributed by atoms with Crippen molar-refractivity contribution < 1.29 is 4.79 Å². The minimum atomic E-state index is -0.517. The Bertz CT molecular complexity index is 927. The molecule has 1 aromatic carbocycles. The molecule has 0 aliphatic rings. The number of hydrogen-bond donors (Lipinski definition) is 2. The van der Waals surface area contributed by atoms with E-state index in [-0.39, 0.29) is 0 Å². The maximum atomic E-state index is 11.8. The van der Waals surface area contributed by atoms with Gasteiger partial charge in [-0.3, -0.25) is 19.7 Å². The Kier molecular flexibility index (Phi) is 5.61. The van der Waals surface area contributed by atoms with Crippen LogP contribution in [-0.2, 0) is 13.0 Å². The number of nitrogens with one attached hydrogen (secondary N) is 1. The van der Waals surface area contributed by atoms with Crippen molar-refractivity contribution in [3.63, 3.8) is 0 Å². The Balaban J connectivity index is 1.84. The van der Waals surface area contributed by atoms with Crippen LogP contribution in [0, 0.1) is 0 Å². The van der Waals surface area contributed by atoms with Crippen molar-refractivity contribution in [3.8, 4) is 0 Å². The van der Waals surface area contributed by atoms with E-state index in [9.17, 15) is 4.79 Å². The summed E-state index contributed by atoms with van der Waals surface area (Å²) >= 11 is 0. The molecule has 0 aliphatic heterocycles. The van der Waals surface area contributed by atoms with Crippen LogP contribution in [0.3, 0.4) is 0 Å². The standard InChI is InChI=1S/C20H22N6O/c1-26(2)19-6-4-3-5-14(19)11-25-18-10-15(24-13-17(18)20(21)27)9-16-12-22-7-8-23-16/h3-8,10,12-13H,9,11H2,1-2H3,(H2,21,27)(H,24,25). The van der Waals surface area contributed by atoms with Gasteiger partial charge in [0, 0.05) is 63.2 Å². The third-order valence-corrected chi connectivity index (χ3v) is 4.15. The number of benzene rings is 1. The molecule has 0 saturated heterocycles. The largest absolute Gasteiger partial charge is 0.380 e. The first-order valence-electron chi connectivity index (χ1n) is 8.57. The van der Waals surface area contributed by atoms with Crippen molar-refractivity contribution in [2.45, 2.75) is 13.0 Å². The Morgan fingerprint density at radius 3 is 2.63 bits per heavy atom. The van der Waals surface area contributed by atoms with Crippen LogP contribution in [0.5, 0.6) is 0 Å². The molecule has 0 fully saturated rings. The van der Waals surface area contributed by atoms with Crippen LogP contribution in [-0.4, -0.2) is 35.0 Å². The second kappa shape index (κ2) is 8.27. The van der Waals surface area contributed by atoms with Gasteiger partial charge in [-0.15, -0.1) is 0 Å². The maximum Gasteiger partial charge on any atom is 0.252 e. The summed E-state index contributed by atoms with van der Waals surface area (Å²) in [6.07, 6.45) is 7.00. The van der Waals surface area contributed by atoms with Crippen LogP contribution in [0.25, 0.3) is 0 Å². The Morgan fingerprint density at radius 2 is 1.93 bits per heavy atom. The quantitative estimate of drug-likeness (QED) is 0.669. The average Bonchev–Trinajstić information content (AvgIpc) is 2.67. The van der Waals surface area contributed by atoms with E-state index in [0.717, 1.165) is 22.6 Å². The monoisotopic (exact) mass is 362 g/mol. The molecule has 0 bridgehead atoms. The lowest BCUT2D eigenvalue weighted by Crippen LogP contribution is -2.17. The van der Waals surface area contributed by atoms with Crippen LogP contribution in [0.4, 0.5) is 11.4 Å². The lowest BCUT2D eigenvalue weighted by atomic mass is 10.1. The molecule has 0 saturated carbocycles. The van der Waals surface area contributed by atoms with Crippen LogP contribution in [0.2, 0.25) is 0 Å². The number of carbonyl (C=O) groups is 1. The summed E-state index contributed by atoms with van der Waals surface area (Å²) in [4.78, 5) is 26.5. The highest BCUT2D eigenvalue weighted by atomic mass is 16.1. The van der Waals surface area contributed by atoms with Crippen LogP contribution in [0.1, 0.15) is 27.3 Å². The number of nitrogens with zero attached hydrogens (tertiary/aromatic N) is 4. The summed E-state index contributed by atoms with van der Waals surface area (Å²) in [6.45, 7) is 0.559. The van der Waals surface area contributed by atoms with Crippen molar-refractivity contribution in [3.05, 3.63) is 77.6 Å². The van der Waals surface area contributed by atoms with E-state index in [1.165, 1.54) is 6.20 Å². The van der Waals surface area contributed by atoms with Gasteiger partial charge in [-0.1, -0.05) is 18.2 Å². The number of nitrogens with two attached hydrogens (primary N) is 1. The van der Waals surface area contributed by atoms with Gasteiger partial charge in [-0.05, 0) is 17.7 Å². The number of pyridine rings is 1. The van der Waals surface area contributed by atoms with Crippen molar-refractivity contribution in [2.24, 2.45) is 5.73 Å². The molecular formula is C20H22N6O. The first-order chi connectivity index (χ1) is 13.0. The van der Waals surface area contributed by atoms with E-state index >= 15 is 0 Å². The van der Waals surface area contributed by atoms with Crippen molar-refractivity contribution >= 4 is 17.3 Å². The van der Waals surface area contributed by atoms with E-state index in [2.05, 4.69) is 31.2 Å². The SMILES string of the molecule is CN(C)c1ccccc1CNc1cc(Cc2cnccn2)ncc1C(N)=O. The third kappa shape index (κ3) is 4.58. The van der Waals surface area contributed by atoms with E-state index < -0.39 is 5.91 Å².